The second-order valence-electron chi connectivity index (χ2n) is 6.04. The van der Waals surface area contributed by atoms with Crippen molar-refractivity contribution in [3.63, 3.8) is 0 Å². The van der Waals surface area contributed by atoms with Crippen LogP contribution in [0.5, 0.6) is 0 Å². The van der Waals surface area contributed by atoms with Gasteiger partial charge < -0.3 is 15.5 Å². The van der Waals surface area contributed by atoms with Crippen LogP contribution in [0.4, 0.5) is 5.82 Å². The van der Waals surface area contributed by atoms with Crippen LogP contribution in [0.15, 0.2) is 30.5 Å². The number of nitrogens with one attached hydrogen (secondary N) is 2. The number of carbonyl (C=O) groups is 1. The number of aryl methyl sites for hydroxylation is 1. The lowest BCUT2D eigenvalue weighted by atomic mass is 10.1. The monoisotopic (exact) mass is 345 g/mol. The summed E-state index contributed by atoms with van der Waals surface area (Å²) in [6.07, 6.45) is 3.85. The van der Waals surface area contributed by atoms with Gasteiger partial charge in [-0.2, -0.15) is 5.10 Å². The van der Waals surface area contributed by atoms with Gasteiger partial charge in [0.15, 0.2) is 5.82 Å². The van der Waals surface area contributed by atoms with E-state index in [9.17, 15) is 4.79 Å². The molecule has 2 aromatic rings. The minimum atomic E-state index is 0.0395. The number of aromatic nitrogens is 2. The molecule has 2 N–H and O–H groups in total. The Hall–Kier alpha value is -1.99. The Morgan fingerprint density at radius 2 is 2.33 bits per heavy atom. The molecule has 1 aliphatic heterocycles. The summed E-state index contributed by atoms with van der Waals surface area (Å²) >= 11 is 1.72. The Bertz CT molecular complexity index is 660. The number of hydrogen-bond donors (Lipinski definition) is 2. The first kappa shape index (κ1) is 16.9. The standard InChI is InChI=1S/C17H23N5OS/c1-13-6-7-15(24-13)10-19-17(23)11-18-14-4-3-9-22(12-14)16-5-2-8-20-21-16/h2,5-8,14,18H,3-4,9-12H2,1H3,(H,19,23)/t14-/m1/s1. The minimum Gasteiger partial charge on any atom is -0.354 e. The Balaban J connectivity index is 1.41. The molecule has 1 fully saturated rings. The van der Waals surface area contributed by atoms with Crippen molar-refractivity contribution < 1.29 is 4.79 Å². The van der Waals surface area contributed by atoms with Crippen molar-refractivity contribution in [2.45, 2.75) is 32.4 Å². The topological polar surface area (TPSA) is 70.2 Å². The van der Waals surface area contributed by atoms with E-state index in [1.165, 1.54) is 9.75 Å². The number of piperidine rings is 1. The van der Waals surface area contributed by atoms with Gasteiger partial charge >= 0.3 is 0 Å². The largest absolute Gasteiger partial charge is 0.354 e. The van der Waals surface area contributed by atoms with Gasteiger partial charge in [-0.25, -0.2) is 0 Å². The van der Waals surface area contributed by atoms with E-state index in [1.807, 2.05) is 12.1 Å². The third-order valence-electron chi connectivity index (χ3n) is 4.11. The van der Waals surface area contributed by atoms with Crippen LogP contribution in [-0.2, 0) is 11.3 Å². The highest BCUT2D eigenvalue weighted by atomic mass is 32.1. The Labute approximate surface area is 146 Å². The van der Waals surface area contributed by atoms with Crippen molar-refractivity contribution in [1.82, 2.24) is 20.8 Å². The molecule has 24 heavy (non-hydrogen) atoms. The number of nitrogens with zero attached hydrogens (tertiary/aromatic N) is 3. The van der Waals surface area contributed by atoms with E-state index in [0.717, 1.165) is 31.7 Å². The molecule has 0 radical (unpaired) electrons. The van der Waals surface area contributed by atoms with Crippen LogP contribution in [0.2, 0.25) is 0 Å². The molecular weight excluding hydrogens is 322 g/mol. The second kappa shape index (κ2) is 8.21. The highest BCUT2D eigenvalue weighted by Gasteiger charge is 2.21. The molecule has 0 aromatic carbocycles. The molecule has 0 bridgehead atoms. The van der Waals surface area contributed by atoms with Gasteiger partial charge in [-0.1, -0.05) is 0 Å². The van der Waals surface area contributed by atoms with Crippen LogP contribution in [0.25, 0.3) is 0 Å². The van der Waals surface area contributed by atoms with Gasteiger partial charge in [0.25, 0.3) is 0 Å². The highest BCUT2D eigenvalue weighted by molar-refractivity contribution is 7.11. The van der Waals surface area contributed by atoms with E-state index < -0.39 is 0 Å². The highest BCUT2D eigenvalue weighted by Crippen LogP contribution is 2.16. The molecule has 0 saturated carbocycles. The predicted octanol–water partition coefficient (Wildman–Crippen LogP) is 1.72. The third kappa shape index (κ3) is 4.75. The molecule has 6 nitrogen and oxygen atoms in total. The van der Waals surface area contributed by atoms with E-state index in [2.05, 4.69) is 44.8 Å². The number of anilines is 1. The van der Waals surface area contributed by atoms with Gasteiger partial charge in [-0.05, 0) is 44.0 Å². The average molecular weight is 345 g/mol. The van der Waals surface area contributed by atoms with Crippen molar-refractivity contribution in [3.8, 4) is 0 Å². The van der Waals surface area contributed by atoms with Gasteiger partial charge in [-0.15, -0.1) is 16.4 Å². The van der Waals surface area contributed by atoms with E-state index in [4.69, 9.17) is 0 Å². The Kier molecular flexibility index (Phi) is 5.77. The fourth-order valence-electron chi connectivity index (χ4n) is 2.88. The first-order chi connectivity index (χ1) is 11.7. The number of rotatable bonds is 6. The summed E-state index contributed by atoms with van der Waals surface area (Å²) in [6, 6.07) is 8.32. The summed E-state index contributed by atoms with van der Waals surface area (Å²) in [5.74, 6) is 0.944. The normalized spacial score (nSPS) is 17.7. The van der Waals surface area contributed by atoms with E-state index in [1.54, 1.807) is 17.5 Å². The lowest BCUT2D eigenvalue weighted by Crippen LogP contribution is -2.48. The molecule has 1 atom stereocenters. The van der Waals surface area contributed by atoms with Crippen LogP contribution in [0, 0.1) is 6.92 Å². The molecular formula is C17H23N5OS. The SMILES string of the molecule is Cc1ccc(CNC(=O)CN[C@@H]2CCCN(c3cccnn3)C2)s1. The van der Waals surface area contributed by atoms with Gasteiger partial charge in [0.1, 0.15) is 0 Å². The van der Waals surface area contributed by atoms with Crippen molar-refractivity contribution >= 4 is 23.1 Å². The zero-order valence-electron chi connectivity index (χ0n) is 13.9. The minimum absolute atomic E-state index is 0.0395. The molecule has 0 unspecified atom stereocenters. The lowest BCUT2D eigenvalue weighted by Gasteiger charge is -2.33. The fraction of sp³-hybridized carbons (Fsp3) is 0.471. The zero-order chi connectivity index (χ0) is 16.8. The summed E-state index contributed by atoms with van der Waals surface area (Å²) in [6.45, 7) is 4.87. The Morgan fingerprint density at radius 3 is 3.08 bits per heavy atom. The first-order valence-corrected chi connectivity index (χ1v) is 9.10. The molecule has 1 aliphatic rings. The number of carbonyl (C=O) groups excluding carboxylic acids is 1. The summed E-state index contributed by atoms with van der Waals surface area (Å²) in [4.78, 5) is 16.7. The molecule has 7 heteroatoms. The predicted molar refractivity (Wildman–Crippen MR) is 96.2 cm³/mol. The molecule has 3 heterocycles. The van der Waals surface area contributed by atoms with E-state index in [-0.39, 0.29) is 5.91 Å². The number of hydrogen-bond acceptors (Lipinski definition) is 6. The molecule has 0 spiro atoms. The fourth-order valence-corrected chi connectivity index (χ4v) is 3.71. The number of thiophene rings is 1. The van der Waals surface area contributed by atoms with Crippen LogP contribution in [0.3, 0.4) is 0 Å². The lowest BCUT2D eigenvalue weighted by molar-refractivity contribution is -0.120. The van der Waals surface area contributed by atoms with Crippen molar-refractivity contribution in [2.75, 3.05) is 24.5 Å². The molecule has 3 rings (SSSR count). The summed E-state index contributed by atoms with van der Waals surface area (Å²) in [7, 11) is 0. The maximum absolute atomic E-state index is 12.0. The van der Waals surface area contributed by atoms with Crippen molar-refractivity contribution in [3.05, 3.63) is 40.2 Å². The van der Waals surface area contributed by atoms with Gasteiger partial charge in [0.05, 0.1) is 13.1 Å². The molecule has 0 aliphatic carbocycles. The van der Waals surface area contributed by atoms with Crippen LogP contribution in [-0.4, -0.2) is 41.8 Å². The van der Waals surface area contributed by atoms with Crippen molar-refractivity contribution in [1.29, 1.82) is 0 Å². The zero-order valence-corrected chi connectivity index (χ0v) is 14.7. The maximum Gasteiger partial charge on any atom is 0.234 e. The average Bonchev–Trinajstić information content (AvgIpc) is 3.04. The number of amides is 1. The molecule has 1 saturated heterocycles. The second-order valence-corrected chi connectivity index (χ2v) is 7.41. The molecule has 1 amide bonds. The summed E-state index contributed by atoms with van der Waals surface area (Å²) in [5.41, 5.74) is 0. The van der Waals surface area contributed by atoms with Gasteiger partial charge in [0.2, 0.25) is 5.91 Å². The maximum atomic E-state index is 12.0. The first-order valence-electron chi connectivity index (χ1n) is 8.29. The van der Waals surface area contributed by atoms with Crippen LogP contribution in [0.1, 0.15) is 22.6 Å². The molecule has 128 valence electrons. The molecule has 2 aromatic heterocycles. The smallest absolute Gasteiger partial charge is 0.234 e. The van der Waals surface area contributed by atoms with Crippen LogP contribution >= 0.6 is 11.3 Å². The third-order valence-corrected chi connectivity index (χ3v) is 5.11. The van der Waals surface area contributed by atoms with Crippen LogP contribution < -0.4 is 15.5 Å². The summed E-state index contributed by atoms with van der Waals surface area (Å²) < 4.78 is 0. The Morgan fingerprint density at radius 1 is 1.42 bits per heavy atom. The summed E-state index contributed by atoms with van der Waals surface area (Å²) in [5, 5.41) is 14.4. The van der Waals surface area contributed by atoms with E-state index >= 15 is 0 Å². The van der Waals surface area contributed by atoms with E-state index in [0.29, 0.717) is 19.1 Å². The van der Waals surface area contributed by atoms with Crippen molar-refractivity contribution in [2.24, 2.45) is 0 Å². The van der Waals surface area contributed by atoms with Gasteiger partial charge in [0, 0.05) is 35.1 Å². The van der Waals surface area contributed by atoms with Gasteiger partial charge in [-0.3, -0.25) is 4.79 Å². The quantitative estimate of drug-likeness (QED) is 0.834.